The summed E-state index contributed by atoms with van der Waals surface area (Å²) in [5.74, 6) is 2.07. The number of halogens is 3. The maximum atomic E-state index is 13.3. The highest BCUT2D eigenvalue weighted by Crippen LogP contribution is 2.38. The van der Waals surface area contributed by atoms with E-state index >= 15 is 0 Å². The molecule has 4 rings (SSSR count). The molecule has 1 saturated heterocycles. The van der Waals surface area contributed by atoms with Crippen LogP contribution >= 0.6 is 0 Å². The highest BCUT2D eigenvalue weighted by molar-refractivity contribution is 5.92. The van der Waals surface area contributed by atoms with Gasteiger partial charge in [-0.1, -0.05) is 0 Å². The molecule has 1 aliphatic rings. The minimum Gasteiger partial charge on any atom is -0.487 e. The van der Waals surface area contributed by atoms with Gasteiger partial charge >= 0.3 is 6.18 Å². The number of anilines is 2. The lowest BCUT2D eigenvalue weighted by Gasteiger charge is -2.21. The van der Waals surface area contributed by atoms with Crippen LogP contribution in [0.15, 0.2) is 30.3 Å². The molecule has 35 heavy (non-hydrogen) atoms. The number of aromatic nitrogens is 2. The molecule has 1 fully saturated rings. The number of benzene rings is 2. The smallest absolute Gasteiger partial charge is 0.416 e. The molecule has 2 atom stereocenters. The van der Waals surface area contributed by atoms with E-state index in [0.29, 0.717) is 52.8 Å². The number of nitrogens with two attached hydrogens (primary N) is 1. The van der Waals surface area contributed by atoms with Crippen molar-refractivity contribution in [2.24, 2.45) is 0 Å². The molecule has 0 aliphatic carbocycles. The molecule has 0 amide bonds. The van der Waals surface area contributed by atoms with Gasteiger partial charge in [-0.3, -0.25) is 0 Å². The average Bonchev–Trinajstić information content (AvgIpc) is 3.26. The number of fused-ring (bicyclic) bond motifs is 1. The van der Waals surface area contributed by atoms with E-state index in [-0.39, 0.29) is 17.9 Å². The average molecular weight is 491 g/mol. The SMILES string of the molecule is Cc1nc(NC(C)c2cc(N)cc(C(F)(F)F)c2)c2cc(OC3CCOC3)c(OC(C)C)cc2n1. The number of hydrogen-bond acceptors (Lipinski definition) is 7. The van der Waals surface area contributed by atoms with Gasteiger partial charge in [-0.15, -0.1) is 0 Å². The Morgan fingerprint density at radius 2 is 1.86 bits per heavy atom. The van der Waals surface area contributed by atoms with Crippen LogP contribution in [0.3, 0.4) is 0 Å². The first-order valence-corrected chi connectivity index (χ1v) is 11.5. The molecule has 2 heterocycles. The van der Waals surface area contributed by atoms with Crippen molar-refractivity contribution in [3.63, 3.8) is 0 Å². The van der Waals surface area contributed by atoms with Crippen LogP contribution in [-0.2, 0) is 10.9 Å². The van der Waals surface area contributed by atoms with E-state index in [1.54, 1.807) is 26.0 Å². The zero-order valence-corrected chi connectivity index (χ0v) is 20.1. The van der Waals surface area contributed by atoms with E-state index < -0.39 is 17.8 Å². The van der Waals surface area contributed by atoms with E-state index in [1.807, 2.05) is 13.8 Å². The molecule has 3 aromatic rings. The predicted octanol–water partition coefficient (Wildman–Crippen LogP) is 5.67. The molecule has 0 radical (unpaired) electrons. The van der Waals surface area contributed by atoms with E-state index in [2.05, 4.69) is 15.3 Å². The molecule has 0 saturated carbocycles. The molecule has 10 heteroatoms. The standard InChI is InChI=1S/C25H29F3N4O3/c1-13(2)34-23-11-21-20(10-22(23)35-19-5-6-33-12-19)24(32-15(4)31-21)30-14(3)16-7-17(25(26,27)28)9-18(29)8-16/h7-11,13-14,19H,5-6,12,29H2,1-4H3,(H,30,31,32). The summed E-state index contributed by atoms with van der Waals surface area (Å²) < 4.78 is 57.5. The van der Waals surface area contributed by atoms with Gasteiger partial charge in [0.05, 0.1) is 36.4 Å². The summed E-state index contributed by atoms with van der Waals surface area (Å²) in [6.45, 7) is 8.47. The van der Waals surface area contributed by atoms with E-state index in [9.17, 15) is 13.2 Å². The summed E-state index contributed by atoms with van der Waals surface area (Å²) >= 11 is 0. The molecule has 2 unspecified atom stereocenters. The Kier molecular flexibility index (Phi) is 6.93. The van der Waals surface area contributed by atoms with Crippen LogP contribution < -0.4 is 20.5 Å². The molecule has 0 bridgehead atoms. The Labute approximate surface area is 201 Å². The lowest BCUT2D eigenvalue weighted by atomic mass is 10.0. The monoisotopic (exact) mass is 490 g/mol. The molecule has 7 nitrogen and oxygen atoms in total. The van der Waals surface area contributed by atoms with Gasteiger partial charge in [0.1, 0.15) is 17.7 Å². The summed E-state index contributed by atoms with van der Waals surface area (Å²) in [7, 11) is 0. The predicted molar refractivity (Wildman–Crippen MR) is 128 cm³/mol. The van der Waals surface area contributed by atoms with Crippen molar-refractivity contribution < 1.29 is 27.4 Å². The Bertz CT molecular complexity index is 1210. The lowest BCUT2D eigenvalue weighted by Crippen LogP contribution is -2.17. The molecule has 0 spiro atoms. The summed E-state index contributed by atoms with van der Waals surface area (Å²) in [5.41, 5.74) is 6.02. The fourth-order valence-corrected chi connectivity index (χ4v) is 3.96. The number of hydrogen-bond donors (Lipinski definition) is 2. The summed E-state index contributed by atoms with van der Waals surface area (Å²) in [6.07, 6.45) is -3.91. The number of nitrogens with zero attached hydrogens (tertiary/aromatic N) is 2. The van der Waals surface area contributed by atoms with E-state index in [4.69, 9.17) is 19.9 Å². The fraction of sp³-hybridized carbons (Fsp3) is 0.440. The van der Waals surface area contributed by atoms with Gasteiger partial charge in [0.25, 0.3) is 0 Å². The van der Waals surface area contributed by atoms with E-state index in [0.717, 1.165) is 18.6 Å². The third-order valence-corrected chi connectivity index (χ3v) is 5.58. The molecule has 3 N–H and O–H groups in total. The fourth-order valence-electron chi connectivity index (χ4n) is 3.96. The third-order valence-electron chi connectivity index (χ3n) is 5.58. The maximum absolute atomic E-state index is 13.3. The summed E-state index contributed by atoms with van der Waals surface area (Å²) in [5, 5.41) is 3.89. The topological polar surface area (TPSA) is 91.5 Å². The van der Waals surface area contributed by atoms with Gasteiger partial charge < -0.3 is 25.3 Å². The first-order valence-electron chi connectivity index (χ1n) is 11.5. The van der Waals surface area contributed by atoms with Crippen molar-refractivity contribution in [3.8, 4) is 11.5 Å². The van der Waals surface area contributed by atoms with Crippen LogP contribution in [0.1, 0.15) is 50.2 Å². The number of ether oxygens (including phenoxy) is 3. The molecular weight excluding hydrogens is 461 g/mol. The molecule has 1 aromatic heterocycles. The van der Waals surface area contributed by atoms with Gasteiger partial charge in [-0.25, -0.2) is 9.97 Å². The van der Waals surface area contributed by atoms with Crippen LogP contribution in [0.2, 0.25) is 0 Å². The van der Waals surface area contributed by atoms with Crippen LogP contribution in [0.5, 0.6) is 11.5 Å². The van der Waals surface area contributed by atoms with Crippen molar-refractivity contribution in [1.29, 1.82) is 0 Å². The normalized spacial score (nSPS) is 17.1. The van der Waals surface area contributed by atoms with Crippen molar-refractivity contribution in [2.45, 2.75) is 58.5 Å². The second kappa shape index (κ2) is 9.77. The zero-order chi connectivity index (χ0) is 25.3. The highest BCUT2D eigenvalue weighted by atomic mass is 19.4. The van der Waals surface area contributed by atoms with Gasteiger partial charge in [0.2, 0.25) is 0 Å². The van der Waals surface area contributed by atoms with Crippen molar-refractivity contribution >= 4 is 22.4 Å². The summed E-state index contributed by atoms with van der Waals surface area (Å²) in [4.78, 5) is 9.06. The molecular formula is C25H29F3N4O3. The Morgan fingerprint density at radius 3 is 2.51 bits per heavy atom. The van der Waals surface area contributed by atoms with Gasteiger partial charge in [-0.2, -0.15) is 13.2 Å². The maximum Gasteiger partial charge on any atom is 0.416 e. The Balaban J connectivity index is 1.73. The van der Waals surface area contributed by atoms with E-state index in [1.165, 1.54) is 6.07 Å². The van der Waals surface area contributed by atoms with Crippen LogP contribution in [0, 0.1) is 6.92 Å². The van der Waals surface area contributed by atoms with Crippen molar-refractivity contribution in [1.82, 2.24) is 9.97 Å². The van der Waals surface area contributed by atoms with Gasteiger partial charge in [0, 0.05) is 23.6 Å². The minimum absolute atomic E-state index is 0.0390. The Hall–Kier alpha value is -3.27. The summed E-state index contributed by atoms with van der Waals surface area (Å²) in [6, 6.07) is 6.62. The third kappa shape index (κ3) is 5.87. The second-order valence-electron chi connectivity index (χ2n) is 8.96. The first-order chi connectivity index (χ1) is 16.5. The van der Waals surface area contributed by atoms with Crippen molar-refractivity contribution in [3.05, 3.63) is 47.3 Å². The molecule has 188 valence electrons. The zero-order valence-electron chi connectivity index (χ0n) is 20.1. The highest BCUT2D eigenvalue weighted by Gasteiger charge is 2.31. The van der Waals surface area contributed by atoms with Crippen LogP contribution in [0.25, 0.3) is 10.9 Å². The second-order valence-corrected chi connectivity index (χ2v) is 8.96. The molecule has 1 aliphatic heterocycles. The van der Waals surface area contributed by atoms with Crippen molar-refractivity contribution in [2.75, 3.05) is 24.3 Å². The number of rotatable bonds is 7. The minimum atomic E-state index is -4.49. The number of nitrogen functional groups attached to an aromatic ring is 1. The Morgan fingerprint density at radius 1 is 1.09 bits per heavy atom. The largest absolute Gasteiger partial charge is 0.487 e. The molecule has 2 aromatic carbocycles. The number of alkyl halides is 3. The van der Waals surface area contributed by atoms with Crippen LogP contribution in [-0.4, -0.2) is 35.4 Å². The van der Waals surface area contributed by atoms with Gasteiger partial charge in [0.15, 0.2) is 11.5 Å². The van der Waals surface area contributed by atoms with Crippen LogP contribution in [0.4, 0.5) is 24.7 Å². The first kappa shape index (κ1) is 24.8. The number of nitrogens with one attached hydrogen (secondary N) is 1. The van der Waals surface area contributed by atoms with Gasteiger partial charge in [-0.05, 0) is 57.5 Å². The quantitative estimate of drug-likeness (QED) is 0.413. The number of aryl methyl sites for hydroxylation is 1. The lowest BCUT2D eigenvalue weighted by molar-refractivity contribution is -0.137.